The van der Waals surface area contributed by atoms with E-state index in [9.17, 15) is 13.2 Å². The number of guanidine groups is 1. The summed E-state index contributed by atoms with van der Waals surface area (Å²) in [7, 11) is 2.13. The van der Waals surface area contributed by atoms with Gasteiger partial charge in [0.1, 0.15) is 5.75 Å². The van der Waals surface area contributed by atoms with Crippen molar-refractivity contribution in [2.45, 2.75) is 52.4 Å². The summed E-state index contributed by atoms with van der Waals surface area (Å²) in [6.07, 6.45) is -2.17. The van der Waals surface area contributed by atoms with Crippen molar-refractivity contribution < 1.29 is 17.9 Å². The van der Waals surface area contributed by atoms with Crippen LogP contribution in [0, 0.1) is 0 Å². The van der Waals surface area contributed by atoms with Gasteiger partial charge < -0.3 is 20.3 Å². The van der Waals surface area contributed by atoms with Crippen molar-refractivity contribution in [2.24, 2.45) is 4.99 Å². The van der Waals surface area contributed by atoms with Gasteiger partial charge in [-0.3, -0.25) is 0 Å². The molecule has 0 amide bonds. The van der Waals surface area contributed by atoms with Crippen LogP contribution in [0.4, 0.5) is 13.2 Å². The first-order chi connectivity index (χ1) is 13.2. The fraction of sp³-hybridized carbons (Fsp3) is 0.650. The average molecular weight is 403 g/mol. The van der Waals surface area contributed by atoms with E-state index in [4.69, 9.17) is 4.74 Å². The van der Waals surface area contributed by atoms with Crippen molar-refractivity contribution >= 4 is 5.96 Å². The van der Waals surface area contributed by atoms with Gasteiger partial charge in [-0.25, -0.2) is 4.99 Å². The lowest BCUT2D eigenvalue weighted by Crippen LogP contribution is -2.38. The molecule has 0 unspecified atom stereocenters. The van der Waals surface area contributed by atoms with Crippen molar-refractivity contribution in [1.29, 1.82) is 0 Å². The minimum absolute atomic E-state index is 0.196. The molecule has 0 bridgehead atoms. The van der Waals surface area contributed by atoms with Gasteiger partial charge >= 0.3 is 6.18 Å². The lowest BCUT2D eigenvalue weighted by molar-refractivity contribution is -0.153. The first-order valence-corrected chi connectivity index (χ1v) is 9.72. The first kappa shape index (κ1) is 24.1. The number of ether oxygens (including phenoxy) is 1. The summed E-state index contributed by atoms with van der Waals surface area (Å²) in [5, 5.41) is 6.51. The van der Waals surface area contributed by atoms with Crippen LogP contribution in [0.25, 0.3) is 0 Å². The largest absolute Gasteiger partial charge is 0.484 e. The van der Waals surface area contributed by atoms with Crippen LogP contribution in [0.2, 0.25) is 0 Å². The summed E-state index contributed by atoms with van der Waals surface area (Å²) in [5.41, 5.74) is 0.898. The number of alkyl halides is 3. The minimum atomic E-state index is -4.33. The Kier molecular flexibility index (Phi) is 10.7. The van der Waals surface area contributed by atoms with Crippen molar-refractivity contribution in [3.8, 4) is 5.75 Å². The Morgan fingerprint density at radius 1 is 1.14 bits per heavy atom. The molecule has 1 aromatic carbocycles. The summed E-state index contributed by atoms with van der Waals surface area (Å²) in [5.74, 6) is 0.929. The number of hydrogen-bond donors (Lipinski definition) is 2. The van der Waals surface area contributed by atoms with E-state index >= 15 is 0 Å². The average Bonchev–Trinajstić information content (AvgIpc) is 2.64. The second kappa shape index (κ2) is 12.5. The normalized spacial score (nSPS) is 12.5. The van der Waals surface area contributed by atoms with E-state index in [1.54, 1.807) is 12.1 Å². The third-order valence-electron chi connectivity index (χ3n) is 4.20. The molecule has 0 radical (unpaired) electrons. The molecule has 5 nitrogen and oxygen atoms in total. The van der Waals surface area contributed by atoms with Gasteiger partial charge in [-0.1, -0.05) is 12.1 Å². The second-order valence-corrected chi connectivity index (χ2v) is 6.95. The zero-order valence-corrected chi connectivity index (χ0v) is 17.3. The number of aliphatic imine (C=N–C) groups is 1. The summed E-state index contributed by atoms with van der Waals surface area (Å²) in [4.78, 5) is 6.84. The molecule has 0 spiro atoms. The Labute approximate surface area is 166 Å². The minimum Gasteiger partial charge on any atom is -0.484 e. The maximum atomic E-state index is 12.2. The molecule has 8 heteroatoms. The fourth-order valence-electron chi connectivity index (χ4n) is 2.32. The van der Waals surface area contributed by atoms with Gasteiger partial charge in [0.25, 0.3) is 0 Å². The fourth-order valence-corrected chi connectivity index (χ4v) is 2.32. The van der Waals surface area contributed by atoms with Gasteiger partial charge in [-0.2, -0.15) is 13.2 Å². The van der Waals surface area contributed by atoms with Crippen molar-refractivity contribution in [3.63, 3.8) is 0 Å². The monoisotopic (exact) mass is 402 g/mol. The second-order valence-electron chi connectivity index (χ2n) is 6.95. The molecule has 0 aliphatic carbocycles. The van der Waals surface area contributed by atoms with E-state index in [2.05, 4.69) is 41.4 Å². The standard InChI is InChI=1S/C20H33F3N4O/c1-5-24-19(25-12-6-7-13-27(4)16(2)3)26-14-17-8-10-18(11-9-17)28-15-20(21,22)23/h8-11,16H,5-7,12-15H2,1-4H3,(H2,24,25,26). The Balaban J connectivity index is 2.42. The van der Waals surface area contributed by atoms with E-state index in [0.29, 0.717) is 12.6 Å². The molecule has 1 rings (SSSR count). The van der Waals surface area contributed by atoms with Crippen LogP contribution in [0.3, 0.4) is 0 Å². The molecule has 2 N–H and O–H groups in total. The molecule has 0 aliphatic heterocycles. The zero-order chi connectivity index (χ0) is 21.0. The predicted octanol–water partition coefficient (Wildman–Crippen LogP) is 3.80. The number of nitrogens with one attached hydrogen (secondary N) is 2. The van der Waals surface area contributed by atoms with Crippen LogP contribution >= 0.6 is 0 Å². The van der Waals surface area contributed by atoms with E-state index in [-0.39, 0.29) is 5.75 Å². The molecule has 0 saturated heterocycles. The van der Waals surface area contributed by atoms with Crippen molar-refractivity contribution in [2.75, 3.05) is 33.3 Å². The van der Waals surface area contributed by atoms with Gasteiger partial charge in [0.15, 0.2) is 12.6 Å². The van der Waals surface area contributed by atoms with Crippen molar-refractivity contribution in [3.05, 3.63) is 29.8 Å². The molecule has 0 aliphatic rings. The van der Waals surface area contributed by atoms with Crippen LogP contribution < -0.4 is 15.4 Å². The Morgan fingerprint density at radius 3 is 2.39 bits per heavy atom. The molecule has 28 heavy (non-hydrogen) atoms. The van der Waals surface area contributed by atoms with E-state index < -0.39 is 12.8 Å². The smallest absolute Gasteiger partial charge is 0.422 e. The number of halogens is 3. The molecule has 0 heterocycles. The van der Waals surface area contributed by atoms with Crippen molar-refractivity contribution in [1.82, 2.24) is 15.5 Å². The third kappa shape index (κ3) is 11.0. The molecular formula is C20H33F3N4O. The highest BCUT2D eigenvalue weighted by molar-refractivity contribution is 5.79. The van der Waals surface area contributed by atoms with Crippen LogP contribution in [0.15, 0.2) is 29.3 Å². The maximum Gasteiger partial charge on any atom is 0.422 e. The third-order valence-corrected chi connectivity index (χ3v) is 4.20. The molecule has 0 aromatic heterocycles. The quantitative estimate of drug-likeness (QED) is 0.336. The first-order valence-electron chi connectivity index (χ1n) is 9.72. The topological polar surface area (TPSA) is 48.9 Å². The van der Waals surface area contributed by atoms with E-state index in [1.165, 1.54) is 12.1 Å². The van der Waals surface area contributed by atoms with Gasteiger partial charge in [-0.15, -0.1) is 0 Å². The Bertz CT molecular complexity index is 574. The Hall–Kier alpha value is -1.96. The highest BCUT2D eigenvalue weighted by atomic mass is 19.4. The number of hydrogen-bond acceptors (Lipinski definition) is 3. The number of unbranched alkanes of at least 4 members (excludes halogenated alkanes) is 1. The van der Waals surface area contributed by atoms with Crippen LogP contribution in [-0.2, 0) is 6.54 Å². The maximum absolute atomic E-state index is 12.2. The van der Waals surface area contributed by atoms with E-state index in [0.717, 1.165) is 44.0 Å². The molecular weight excluding hydrogens is 369 g/mol. The summed E-state index contributed by atoms with van der Waals surface area (Å²) in [6.45, 7) is 8.18. The lowest BCUT2D eigenvalue weighted by atomic mass is 10.2. The van der Waals surface area contributed by atoms with Crippen LogP contribution in [0.1, 0.15) is 39.2 Å². The predicted molar refractivity (Wildman–Crippen MR) is 108 cm³/mol. The molecule has 160 valence electrons. The molecule has 0 atom stereocenters. The summed E-state index contributed by atoms with van der Waals surface area (Å²) in [6, 6.07) is 7.06. The molecule has 0 fully saturated rings. The summed E-state index contributed by atoms with van der Waals surface area (Å²) >= 11 is 0. The van der Waals surface area contributed by atoms with Gasteiger partial charge in [-0.05, 0) is 64.9 Å². The van der Waals surface area contributed by atoms with Gasteiger partial charge in [0.2, 0.25) is 0 Å². The van der Waals surface area contributed by atoms with Gasteiger partial charge in [0, 0.05) is 19.1 Å². The highest BCUT2D eigenvalue weighted by Gasteiger charge is 2.28. The van der Waals surface area contributed by atoms with Crippen LogP contribution in [0.5, 0.6) is 5.75 Å². The number of nitrogens with zero attached hydrogens (tertiary/aromatic N) is 2. The van der Waals surface area contributed by atoms with Gasteiger partial charge in [0.05, 0.1) is 6.54 Å². The highest BCUT2D eigenvalue weighted by Crippen LogP contribution is 2.19. The lowest BCUT2D eigenvalue weighted by Gasteiger charge is -2.20. The number of benzene rings is 1. The van der Waals surface area contributed by atoms with E-state index in [1.807, 2.05) is 6.92 Å². The SMILES string of the molecule is CCNC(=NCc1ccc(OCC(F)(F)F)cc1)NCCCCN(C)C(C)C. The number of rotatable bonds is 11. The Morgan fingerprint density at radius 2 is 1.82 bits per heavy atom. The molecule has 0 saturated carbocycles. The molecule has 1 aromatic rings. The summed E-state index contributed by atoms with van der Waals surface area (Å²) < 4.78 is 41.2. The zero-order valence-electron chi connectivity index (χ0n) is 17.3. The van der Waals surface area contributed by atoms with Crippen LogP contribution in [-0.4, -0.2) is 56.4 Å².